The maximum atomic E-state index is 12.3. The van der Waals surface area contributed by atoms with E-state index >= 15 is 0 Å². The van der Waals surface area contributed by atoms with Crippen LogP contribution in [0.1, 0.15) is 20.8 Å². The molecule has 2 rings (SSSR count). The van der Waals surface area contributed by atoms with Gasteiger partial charge in [-0.1, -0.05) is 18.7 Å². The van der Waals surface area contributed by atoms with Gasteiger partial charge in [-0.15, -0.1) is 0 Å². The van der Waals surface area contributed by atoms with E-state index in [0.29, 0.717) is 18.5 Å². The molecular weight excluding hydrogens is 250 g/mol. The molecule has 0 fully saturated rings. The van der Waals surface area contributed by atoms with Crippen molar-refractivity contribution in [2.24, 2.45) is 0 Å². The Labute approximate surface area is 119 Å². The van der Waals surface area contributed by atoms with Crippen molar-refractivity contribution in [2.75, 3.05) is 6.54 Å². The number of fused-ring (bicyclic) bond motifs is 1. The number of nitrogens with one attached hydrogen (secondary N) is 1. The molecule has 0 aliphatic carbocycles. The van der Waals surface area contributed by atoms with Crippen molar-refractivity contribution in [2.45, 2.75) is 32.9 Å². The molecule has 0 aliphatic heterocycles. The zero-order valence-corrected chi connectivity index (χ0v) is 12.3. The van der Waals surface area contributed by atoms with E-state index in [4.69, 9.17) is 0 Å². The zero-order chi connectivity index (χ0) is 14.8. The van der Waals surface area contributed by atoms with Gasteiger partial charge in [0.25, 0.3) is 5.56 Å². The van der Waals surface area contributed by atoms with Crippen LogP contribution in [0.15, 0.2) is 47.5 Å². The molecule has 0 unspecified atom stereocenters. The second-order valence-corrected chi connectivity index (χ2v) is 6.05. The van der Waals surface area contributed by atoms with Crippen LogP contribution in [0.25, 0.3) is 10.9 Å². The highest BCUT2D eigenvalue weighted by atomic mass is 16.1. The number of para-hydroxylation sites is 1. The van der Waals surface area contributed by atoms with Crippen molar-refractivity contribution in [3.63, 3.8) is 0 Å². The average molecular weight is 271 g/mol. The third-order valence-electron chi connectivity index (χ3n) is 2.99. The summed E-state index contributed by atoms with van der Waals surface area (Å²) in [6.45, 7) is 11.5. The second-order valence-electron chi connectivity index (χ2n) is 6.05. The molecule has 20 heavy (non-hydrogen) atoms. The molecule has 0 bridgehead atoms. The van der Waals surface area contributed by atoms with Gasteiger partial charge >= 0.3 is 0 Å². The molecule has 0 amide bonds. The first kappa shape index (κ1) is 14.5. The van der Waals surface area contributed by atoms with Crippen molar-refractivity contribution < 1.29 is 0 Å². The van der Waals surface area contributed by atoms with Crippen molar-refractivity contribution in [3.8, 4) is 0 Å². The van der Waals surface area contributed by atoms with Crippen molar-refractivity contribution in [3.05, 3.63) is 53.1 Å². The number of hydrogen-bond acceptors (Lipinski definition) is 3. The third-order valence-corrected chi connectivity index (χ3v) is 2.99. The third kappa shape index (κ3) is 3.54. The number of nitrogens with zero attached hydrogens (tertiary/aromatic N) is 2. The van der Waals surface area contributed by atoms with Gasteiger partial charge in [0.15, 0.2) is 0 Å². The van der Waals surface area contributed by atoms with E-state index in [-0.39, 0.29) is 11.1 Å². The van der Waals surface area contributed by atoms with E-state index in [1.54, 1.807) is 17.0 Å². The molecule has 2 aromatic rings. The van der Waals surface area contributed by atoms with E-state index in [0.717, 1.165) is 11.1 Å². The molecule has 0 aliphatic rings. The highest BCUT2D eigenvalue weighted by molar-refractivity contribution is 5.76. The predicted octanol–water partition coefficient (Wildman–Crippen LogP) is 2.34. The molecule has 0 saturated heterocycles. The molecule has 0 saturated carbocycles. The Bertz CT molecular complexity index is 680. The summed E-state index contributed by atoms with van der Waals surface area (Å²) in [7, 11) is 0. The molecule has 0 radical (unpaired) electrons. The monoisotopic (exact) mass is 271 g/mol. The van der Waals surface area contributed by atoms with Crippen LogP contribution in [-0.4, -0.2) is 21.6 Å². The normalized spacial score (nSPS) is 11.8. The molecule has 0 atom stereocenters. The van der Waals surface area contributed by atoms with Crippen molar-refractivity contribution in [1.82, 2.24) is 14.9 Å². The lowest BCUT2D eigenvalue weighted by molar-refractivity contribution is 0.440. The van der Waals surface area contributed by atoms with Crippen LogP contribution in [0.4, 0.5) is 0 Å². The largest absolute Gasteiger partial charge is 0.308 e. The van der Waals surface area contributed by atoms with Gasteiger partial charge in [0.2, 0.25) is 0 Å². The van der Waals surface area contributed by atoms with E-state index in [9.17, 15) is 4.79 Å². The van der Waals surface area contributed by atoms with Crippen molar-refractivity contribution >= 4 is 10.9 Å². The maximum Gasteiger partial charge on any atom is 0.261 e. The second kappa shape index (κ2) is 5.59. The smallest absolute Gasteiger partial charge is 0.261 e. The van der Waals surface area contributed by atoms with Crippen LogP contribution in [0.2, 0.25) is 0 Å². The fraction of sp³-hybridized carbons (Fsp3) is 0.375. The Morgan fingerprint density at radius 1 is 1.35 bits per heavy atom. The Hall–Kier alpha value is -1.94. The molecule has 106 valence electrons. The van der Waals surface area contributed by atoms with Gasteiger partial charge in [-0.05, 0) is 38.5 Å². The molecule has 0 spiro atoms. The van der Waals surface area contributed by atoms with Gasteiger partial charge in [-0.3, -0.25) is 9.36 Å². The Kier molecular flexibility index (Phi) is 4.04. The first-order valence-corrected chi connectivity index (χ1v) is 6.73. The lowest BCUT2D eigenvalue weighted by atomic mass is 10.1. The fourth-order valence-corrected chi connectivity index (χ4v) is 1.91. The lowest BCUT2D eigenvalue weighted by Crippen LogP contribution is -2.37. The van der Waals surface area contributed by atoms with Crippen LogP contribution < -0.4 is 10.9 Å². The highest BCUT2D eigenvalue weighted by Gasteiger charge is 2.10. The minimum Gasteiger partial charge on any atom is -0.308 e. The summed E-state index contributed by atoms with van der Waals surface area (Å²) < 4.78 is 1.61. The molecular formula is C16H21N3O. The summed E-state index contributed by atoms with van der Waals surface area (Å²) in [5, 5.41) is 4.01. The van der Waals surface area contributed by atoms with E-state index in [1.807, 2.05) is 18.2 Å². The quantitative estimate of drug-likeness (QED) is 0.868. The number of hydrogen-bond donors (Lipinski definition) is 1. The lowest BCUT2D eigenvalue weighted by Gasteiger charge is -2.21. The van der Waals surface area contributed by atoms with Crippen LogP contribution in [0, 0.1) is 0 Å². The first-order valence-electron chi connectivity index (χ1n) is 6.73. The summed E-state index contributed by atoms with van der Waals surface area (Å²) in [4.78, 5) is 16.6. The van der Waals surface area contributed by atoms with Crippen LogP contribution in [-0.2, 0) is 6.54 Å². The van der Waals surface area contributed by atoms with Crippen molar-refractivity contribution in [1.29, 1.82) is 0 Å². The van der Waals surface area contributed by atoms with Crippen LogP contribution in [0.5, 0.6) is 0 Å². The first-order chi connectivity index (χ1) is 9.37. The van der Waals surface area contributed by atoms with Gasteiger partial charge in [0, 0.05) is 18.6 Å². The fourth-order valence-electron chi connectivity index (χ4n) is 1.91. The standard InChI is InChI=1S/C16H21N3O/c1-12(9-18-16(2,3)4)10-19-11-17-14-8-6-5-7-13(14)15(19)20/h5-8,11,18H,1,9-10H2,2-4H3. The van der Waals surface area contributed by atoms with Gasteiger partial charge in [0.05, 0.1) is 17.2 Å². The summed E-state index contributed by atoms with van der Waals surface area (Å²) in [5.41, 5.74) is 1.70. The minimum absolute atomic E-state index is 0.0208. The topological polar surface area (TPSA) is 46.9 Å². The van der Waals surface area contributed by atoms with E-state index < -0.39 is 0 Å². The van der Waals surface area contributed by atoms with Crippen LogP contribution >= 0.6 is 0 Å². The molecule has 1 aromatic carbocycles. The Morgan fingerprint density at radius 2 is 2.05 bits per heavy atom. The minimum atomic E-state index is -0.0208. The Morgan fingerprint density at radius 3 is 2.75 bits per heavy atom. The van der Waals surface area contributed by atoms with Gasteiger partial charge in [-0.25, -0.2) is 4.98 Å². The maximum absolute atomic E-state index is 12.3. The predicted molar refractivity (Wildman–Crippen MR) is 82.9 cm³/mol. The van der Waals surface area contributed by atoms with E-state index in [1.165, 1.54) is 0 Å². The van der Waals surface area contributed by atoms with E-state index in [2.05, 4.69) is 37.7 Å². The Balaban J connectivity index is 2.16. The average Bonchev–Trinajstić information content (AvgIpc) is 2.39. The number of aromatic nitrogens is 2. The molecule has 4 heteroatoms. The van der Waals surface area contributed by atoms with Gasteiger partial charge < -0.3 is 5.32 Å². The molecule has 1 aromatic heterocycles. The number of benzene rings is 1. The van der Waals surface area contributed by atoms with Crippen LogP contribution in [0.3, 0.4) is 0 Å². The molecule has 1 heterocycles. The molecule has 4 nitrogen and oxygen atoms in total. The summed E-state index contributed by atoms with van der Waals surface area (Å²) in [5.74, 6) is 0. The summed E-state index contributed by atoms with van der Waals surface area (Å²) in [6, 6.07) is 7.38. The van der Waals surface area contributed by atoms with Gasteiger partial charge in [-0.2, -0.15) is 0 Å². The number of rotatable bonds is 4. The zero-order valence-electron chi connectivity index (χ0n) is 12.3. The molecule has 1 N–H and O–H groups in total. The summed E-state index contributed by atoms with van der Waals surface area (Å²) >= 11 is 0. The highest BCUT2D eigenvalue weighted by Crippen LogP contribution is 2.06. The summed E-state index contributed by atoms with van der Waals surface area (Å²) in [6.07, 6.45) is 1.59. The van der Waals surface area contributed by atoms with Gasteiger partial charge in [0.1, 0.15) is 0 Å². The SMILES string of the molecule is C=C(CNC(C)(C)C)Cn1cnc2ccccc2c1=O.